The van der Waals surface area contributed by atoms with E-state index in [1.165, 1.54) is 6.07 Å². The first kappa shape index (κ1) is 13.7. The molecule has 2 nitrogen and oxygen atoms in total. The van der Waals surface area contributed by atoms with Crippen molar-refractivity contribution in [2.24, 2.45) is 0 Å². The number of rotatable bonds is 4. The van der Waals surface area contributed by atoms with E-state index >= 15 is 0 Å². The quantitative estimate of drug-likeness (QED) is 0.782. The molecule has 1 aromatic rings. The summed E-state index contributed by atoms with van der Waals surface area (Å²) in [6, 6.07) is 4.95. The van der Waals surface area contributed by atoms with Gasteiger partial charge in [-0.05, 0) is 44.0 Å². The fourth-order valence-corrected chi connectivity index (χ4v) is 1.78. The zero-order valence-electron chi connectivity index (χ0n) is 11.0. The number of anilines is 1. The number of halogens is 1. The summed E-state index contributed by atoms with van der Waals surface area (Å²) in [6.07, 6.45) is 1.34. The van der Waals surface area contributed by atoms with Gasteiger partial charge in [0.15, 0.2) is 0 Å². The second-order valence-electron chi connectivity index (χ2n) is 4.31. The summed E-state index contributed by atoms with van der Waals surface area (Å²) in [5.41, 5.74) is 1.35. The molecule has 1 aromatic carbocycles. The average molecular weight is 237 g/mol. The zero-order chi connectivity index (χ0) is 13.0. The maximum atomic E-state index is 13.2. The van der Waals surface area contributed by atoms with Crippen LogP contribution in [0.4, 0.5) is 10.1 Å². The fraction of sp³-hybridized carbons (Fsp3) is 0.500. The molecule has 1 amide bonds. The van der Waals surface area contributed by atoms with Crippen molar-refractivity contribution < 1.29 is 9.18 Å². The van der Waals surface area contributed by atoms with E-state index in [0.29, 0.717) is 12.0 Å². The molecule has 0 bridgehead atoms. The highest BCUT2D eigenvalue weighted by Crippen LogP contribution is 2.22. The first-order valence-electron chi connectivity index (χ1n) is 6.09. The van der Waals surface area contributed by atoms with Crippen LogP contribution in [0.15, 0.2) is 18.2 Å². The Balaban J connectivity index is 3.12. The van der Waals surface area contributed by atoms with Gasteiger partial charge < -0.3 is 4.90 Å². The maximum absolute atomic E-state index is 13.2. The average Bonchev–Trinajstić information content (AvgIpc) is 2.33. The smallest absolute Gasteiger partial charge is 0.226 e. The minimum absolute atomic E-state index is 0.0744. The van der Waals surface area contributed by atoms with Crippen molar-refractivity contribution in [3.8, 4) is 0 Å². The first-order chi connectivity index (χ1) is 8.01. The van der Waals surface area contributed by atoms with E-state index in [0.717, 1.165) is 12.1 Å². The fourth-order valence-electron chi connectivity index (χ4n) is 1.78. The number of hydrogen-bond donors (Lipinski definition) is 0. The van der Waals surface area contributed by atoms with Gasteiger partial charge in [-0.3, -0.25) is 4.79 Å². The van der Waals surface area contributed by atoms with Gasteiger partial charge in [-0.2, -0.15) is 0 Å². The number of aryl methyl sites for hydroxylation is 1. The topological polar surface area (TPSA) is 20.3 Å². The van der Waals surface area contributed by atoms with E-state index in [1.807, 2.05) is 20.8 Å². The Bertz CT molecular complexity index is 403. The highest BCUT2D eigenvalue weighted by Gasteiger charge is 2.19. The molecule has 1 rings (SSSR count). The summed E-state index contributed by atoms with van der Waals surface area (Å²) in [6.45, 7) is 7.60. The molecular formula is C14H20FNO. The van der Waals surface area contributed by atoms with Gasteiger partial charge in [-0.15, -0.1) is 0 Å². The standard InChI is InChI=1S/C14H20FNO/c1-5-11(4)16(14(17)6-2)12-7-8-13(15)10(3)9-12/h7-9,11H,5-6H2,1-4H3. The van der Waals surface area contributed by atoms with Gasteiger partial charge in [0, 0.05) is 18.2 Å². The molecule has 0 aliphatic carbocycles. The molecule has 0 heterocycles. The van der Waals surface area contributed by atoms with Crippen LogP contribution in [0.3, 0.4) is 0 Å². The number of nitrogens with zero attached hydrogens (tertiary/aromatic N) is 1. The zero-order valence-corrected chi connectivity index (χ0v) is 11.0. The van der Waals surface area contributed by atoms with Gasteiger partial charge in [-0.1, -0.05) is 13.8 Å². The molecular weight excluding hydrogens is 217 g/mol. The van der Waals surface area contributed by atoms with Crippen LogP contribution in [0.25, 0.3) is 0 Å². The number of carbonyl (C=O) groups is 1. The number of hydrogen-bond acceptors (Lipinski definition) is 1. The molecule has 0 fully saturated rings. The summed E-state index contributed by atoms with van der Waals surface area (Å²) in [4.78, 5) is 13.7. The molecule has 0 saturated heterocycles. The summed E-state index contributed by atoms with van der Waals surface area (Å²) in [7, 11) is 0. The SMILES string of the molecule is CCC(=O)N(c1ccc(F)c(C)c1)C(C)CC. The largest absolute Gasteiger partial charge is 0.310 e. The van der Waals surface area contributed by atoms with E-state index in [4.69, 9.17) is 0 Å². The van der Waals surface area contributed by atoms with E-state index in [-0.39, 0.29) is 17.8 Å². The molecule has 0 aromatic heterocycles. The molecule has 0 spiro atoms. The monoisotopic (exact) mass is 237 g/mol. The van der Waals surface area contributed by atoms with E-state index < -0.39 is 0 Å². The summed E-state index contributed by atoms with van der Waals surface area (Å²) in [5, 5.41) is 0. The summed E-state index contributed by atoms with van der Waals surface area (Å²) in [5.74, 6) is -0.160. The van der Waals surface area contributed by atoms with Gasteiger partial charge in [0.25, 0.3) is 0 Å². The third-order valence-electron chi connectivity index (χ3n) is 3.02. The predicted molar refractivity (Wildman–Crippen MR) is 68.7 cm³/mol. The Labute approximate surface area is 102 Å². The molecule has 17 heavy (non-hydrogen) atoms. The molecule has 0 N–H and O–H groups in total. The number of benzene rings is 1. The highest BCUT2D eigenvalue weighted by molar-refractivity contribution is 5.93. The highest BCUT2D eigenvalue weighted by atomic mass is 19.1. The van der Waals surface area contributed by atoms with Crippen molar-refractivity contribution in [1.29, 1.82) is 0 Å². The number of amides is 1. The molecule has 1 unspecified atom stereocenters. The van der Waals surface area contributed by atoms with Crippen LogP contribution in [0.1, 0.15) is 39.2 Å². The lowest BCUT2D eigenvalue weighted by Gasteiger charge is -2.28. The van der Waals surface area contributed by atoms with Crippen LogP contribution in [-0.4, -0.2) is 11.9 Å². The lowest BCUT2D eigenvalue weighted by molar-refractivity contribution is -0.118. The van der Waals surface area contributed by atoms with Crippen LogP contribution in [0.2, 0.25) is 0 Å². The van der Waals surface area contributed by atoms with Crippen LogP contribution < -0.4 is 4.90 Å². The van der Waals surface area contributed by atoms with Crippen molar-refractivity contribution in [2.45, 2.75) is 46.6 Å². The van der Waals surface area contributed by atoms with Crippen molar-refractivity contribution in [3.63, 3.8) is 0 Å². The minimum atomic E-state index is -0.234. The second kappa shape index (κ2) is 5.80. The Morgan fingerprint density at radius 2 is 2.06 bits per heavy atom. The Kier molecular flexibility index (Phi) is 4.67. The summed E-state index contributed by atoms with van der Waals surface area (Å²) >= 11 is 0. The van der Waals surface area contributed by atoms with Crippen molar-refractivity contribution in [2.75, 3.05) is 4.90 Å². The minimum Gasteiger partial charge on any atom is -0.310 e. The Morgan fingerprint density at radius 1 is 1.41 bits per heavy atom. The first-order valence-corrected chi connectivity index (χ1v) is 6.09. The maximum Gasteiger partial charge on any atom is 0.226 e. The van der Waals surface area contributed by atoms with E-state index in [9.17, 15) is 9.18 Å². The van der Waals surface area contributed by atoms with E-state index in [2.05, 4.69) is 0 Å². The Morgan fingerprint density at radius 3 is 2.53 bits per heavy atom. The molecule has 0 aliphatic rings. The van der Waals surface area contributed by atoms with Crippen molar-refractivity contribution >= 4 is 11.6 Å². The Hall–Kier alpha value is -1.38. The van der Waals surface area contributed by atoms with Gasteiger partial charge >= 0.3 is 0 Å². The van der Waals surface area contributed by atoms with E-state index in [1.54, 1.807) is 24.0 Å². The molecule has 3 heteroatoms. The molecule has 0 aliphatic heterocycles. The van der Waals surface area contributed by atoms with Crippen LogP contribution >= 0.6 is 0 Å². The molecule has 0 saturated carbocycles. The van der Waals surface area contributed by atoms with Gasteiger partial charge in [0.1, 0.15) is 5.82 Å². The second-order valence-corrected chi connectivity index (χ2v) is 4.31. The molecule has 0 radical (unpaired) electrons. The predicted octanol–water partition coefficient (Wildman–Crippen LogP) is 3.68. The number of carbonyl (C=O) groups excluding carboxylic acids is 1. The van der Waals surface area contributed by atoms with Crippen LogP contribution in [0, 0.1) is 12.7 Å². The van der Waals surface area contributed by atoms with Crippen LogP contribution in [0.5, 0.6) is 0 Å². The normalized spacial score (nSPS) is 12.3. The van der Waals surface area contributed by atoms with Gasteiger partial charge in [-0.25, -0.2) is 4.39 Å². The molecule has 94 valence electrons. The lowest BCUT2D eigenvalue weighted by atomic mass is 10.1. The third kappa shape index (κ3) is 3.05. The van der Waals surface area contributed by atoms with Gasteiger partial charge in [0.2, 0.25) is 5.91 Å². The third-order valence-corrected chi connectivity index (χ3v) is 3.02. The van der Waals surface area contributed by atoms with Crippen molar-refractivity contribution in [1.82, 2.24) is 0 Å². The molecule has 1 atom stereocenters. The van der Waals surface area contributed by atoms with Gasteiger partial charge in [0.05, 0.1) is 0 Å². The van der Waals surface area contributed by atoms with Crippen LogP contribution in [-0.2, 0) is 4.79 Å². The summed E-state index contributed by atoms with van der Waals surface area (Å²) < 4.78 is 13.2. The van der Waals surface area contributed by atoms with Crippen molar-refractivity contribution in [3.05, 3.63) is 29.6 Å². The lowest BCUT2D eigenvalue weighted by Crippen LogP contribution is -2.38.